The lowest BCUT2D eigenvalue weighted by Gasteiger charge is -2.30. The average molecular weight is 329 g/mol. The number of ether oxygens (including phenoxy) is 1. The molecule has 5 heteroatoms. The molecule has 0 amide bonds. The highest BCUT2D eigenvalue weighted by Gasteiger charge is 2.29. The Morgan fingerprint density at radius 3 is 2.38 bits per heavy atom. The minimum absolute atomic E-state index is 0.251. The van der Waals surface area contributed by atoms with Crippen molar-refractivity contribution in [1.29, 1.82) is 0 Å². The van der Waals surface area contributed by atoms with Crippen LogP contribution in [0, 0.1) is 5.41 Å². The van der Waals surface area contributed by atoms with Gasteiger partial charge in [-0.05, 0) is 48.3 Å². The Morgan fingerprint density at radius 2 is 1.86 bits per heavy atom. The van der Waals surface area contributed by atoms with Crippen LogP contribution < -0.4 is 0 Å². The Labute approximate surface area is 133 Å². The van der Waals surface area contributed by atoms with E-state index in [0.29, 0.717) is 17.2 Å². The van der Waals surface area contributed by atoms with Gasteiger partial charge in [-0.3, -0.25) is 0 Å². The van der Waals surface area contributed by atoms with Gasteiger partial charge in [-0.15, -0.1) is 0 Å². The summed E-state index contributed by atoms with van der Waals surface area (Å²) in [5.41, 5.74) is 1.61. The molecule has 0 aliphatic heterocycles. The Morgan fingerprint density at radius 1 is 1.24 bits per heavy atom. The molecule has 0 fully saturated rings. The molecular weight excluding hydrogens is 304 g/mol. The van der Waals surface area contributed by atoms with Crippen LogP contribution >= 0.6 is 11.6 Å². The Bertz CT molecular complexity index is 507. The molecule has 0 bridgehead atoms. The van der Waals surface area contributed by atoms with Crippen molar-refractivity contribution in [3.05, 3.63) is 34.3 Å². The molecule has 0 N–H and O–H groups in total. The second-order valence-corrected chi connectivity index (χ2v) is 11.7. The molecule has 1 aromatic rings. The van der Waals surface area contributed by atoms with Crippen LogP contribution in [0.1, 0.15) is 36.7 Å². The van der Waals surface area contributed by atoms with E-state index in [-0.39, 0.29) is 11.4 Å². The minimum Gasteiger partial charge on any atom is -0.465 e. The number of hydrogen-bond acceptors (Lipinski definition) is 3. The van der Waals surface area contributed by atoms with Crippen LogP contribution in [0.25, 0.3) is 0 Å². The van der Waals surface area contributed by atoms with Gasteiger partial charge in [-0.2, -0.15) is 0 Å². The third kappa shape index (κ3) is 6.63. The SMILES string of the molecule is COC(=O)c1cc(Cl)cc(CO[Si](C)(C)CC(C)(C)C)c1. The second kappa shape index (κ2) is 6.94. The number of esters is 1. The van der Waals surface area contributed by atoms with Crippen molar-refractivity contribution < 1.29 is 14.0 Å². The molecule has 0 aliphatic carbocycles. The third-order valence-corrected chi connectivity index (χ3v) is 6.02. The topological polar surface area (TPSA) is 35.5 Å². The van der Waals surface area contributed by atoms with Gasteiger partial charge in [0.25, 0.3) is 0 Å². The highest BCUT2D eigenvalue weighted by molar-refractivity contribution is 6.71. The van der Waals surface area contributed by atoms with Gasteiger partial charge in [0.15, 0.2) is 8.32 Å². The monoisotopic (exact) mass is 328 g/mol. The standard InChI is InChI=1S/C16H25ClO3Si/c1-16(2,3)11-21(5,6)20-10-12-7-13(15(18)19-4)9-14(17)8-12/h7-9H,10-11H2,1-6H3. The molecule has 0 aromatic heterocycles. The summed E-state index contributed by atoms with van der Waals surface area (Å²) >= 11 is 6.06. The normalized spacial score (nSPS) is 12.3. The fraction of sp³-hybridized carbons (Fsp3) is 0.562. The number of halogens is 1. The molecule has 0 heterocycles. The zero-order valence-corrected chi connectivity index (χ0v) is 15.5. The summed E-state index contributed by atoms with van der Waals surface area (Å²) in [4.78, 5) is 11.6. The molecule has 3 nitrogen and oxygen atoms in total. The largest absolute Gasteiger partial charge is 0.465 e. The molecule has 0 aliphatic rings. The van der Waals surface area contributed by atoms with Gasteiger partial charge in [0.1, 0.15) is 0 Å². The van der Waals surface area contributed by atoms with E-state index in [1.54, 1.807) is 12.1 Å². The van der Waals surface area contributed by atoms with Crippen LogP contribution in [-0.4, -0.2) is 21.4 Å². The van der Waals surface area contributed by atoms with E-state index in [4.69, 9.17) is 20.8 Å². The zero-order chi connectivity index (χ0) is 16.3. The summed E-state index contributed by atoms with van der Waals surface area (Å²) in [5.74, 6) is -0.384. The number of methoxy groups -OCH3 is 1. The van der Waals surface area contributed by atoms with Crippen molar-refractivity contribution in [2.45, 2.75) is 46.5 Å². The van der Waals surface area contributed by atoms with Crippen molar-refractivity contribution in [3.63, 3.8) is 0 Å². The predicted octanol–water partition coefficient (Wildman–Crippen LogP) is 4.89. The number of carbonyl (C=O) groups excluding carboxylic acids is 1. The minimum atomic E-state index is -1.75. The van der Waals surface area contributed by atoms with Crippen LogP contribution in [0.15, 0.2) is 18.2 Å². The fourth-order valence-electron chi connectivity index (χ4n) is 2.58. The molecule has 21 heavy (non-hydrogen) atoms. The summed E-state index contributed by atoms with van der Waals surface area (Å²) in [7, 11) is -0.391. The lowest BCUT2D eigenvalue weighted by molar-refractivity contribution is 0.0600. The van der Waals surface area contributed by atoms with Crippen LogP contribution in [0.4, 0.5) is 0 Å². The Hall–Kier alpha value is -0.843. The van der Waals surface area contributed by atoms with Gasteiger partial charge in [-0.25, -0.2) is 4.79 Å². The van der Waals surface area contributed by atoms with E-state index in [9.17, 15) is 4.79 Å². The first-order chi connectivity index (χ1) is 9.52. The van der Waals surface area contributed by atoms with Crippen molar-refractivity contribution in [1.82, 2.24) is 0 Å². The van der Waals surface area contributed by atoms with Crippen LogP contribution in [-0.2, 0) is 15.8 Å². The Kier molecular flexibility index (Phi) is 6.02. The summed E-state index contributed by atoms with van der Waals surface area (Å²) in [6.07, 6.45) is 0. The van der Waals surface area contributed by atoms with Crippen LogP contribution in [0.5, 0.6) is 0 Å². The smallest absolute Gasteiger partial charge is 0.337 e. The van der Waals surface area contributed by atoms with Crippen molar-refractivity contribution in [2.24, 2.45) is 5.41 Å². The summed E-state index contributed by atoms with van der Waals surface area (Å²) < 4.78 is 10.9. The predicted molar refractivity (Wildman–Crippen MR) is 89.3 cm³/mol. The van der Waals surface area contributed by atoms with Crippen molar-refractivity contribution in [2.75, 3.05) is 7.11 Å². The molecule has 118 valence electrons. The molecule has 0 spiro atoms. The summed E-state index contributed by atoms with van der Waals surface area (Å²) in [6.45, 7) is 11.6. The first kappa shape index (κ1) is 18.2. The Balaban J connectivity index is 2.80. The molecule has 0 saturated heterocycles. The first-order valence-electron chi connectivity index (χ1n) is 7.04. The van der Waals surface area contributed by atoms with Gasteiger partial charge in [0.05, 0.1) is 19.3 Å². The first-order valence-corrected chi connectivity index (χ1v) is 10.5. The van der Waals surface area contributed by atoms with Gasteiger partial charge < -0.3 is 9.16 Å². The second-order valence-electron chi connectivity index (χ2n) is 7.13. The molecule has 0 atom stereocenters. The maximum atomic E-state index is 11.6. The van der Waals surface area contributed by atoms with Crippen LogP contribution in [0.2, 0.25) is 24.2 Å². The zero-order valence-electron chi connectivity index (χ0n) is 13.7. The van der Waals surface area contributed by atoms with E-state index in [1.165, 1.54) is 7.11 Å². The maximum absolute atomic E-state index is 11.6. The highest BCUT2D eigenvalue weighted by atomic mass is 35.5. The maximum Gasteiger partial charge on any atom is 0.337 e. The van der Waals surface area contributed by atoms with Crippen molar-refractivity contribution >= 4 is 25.9 Å². The average Bonchev–Trinajstić information content (AvgIpc) is 2.32. The number of benzene rings is 1. The fourth-order valence-corrected chi connectivity index (χ4v) is 6.05. The van der Waals surface area contributed by atoms with E-state index in [0.717, 1.165) is 11.6 Å². The summed E-state index contributed by atoms with van der Waals surface area (Å²) in [6, 6.07) is 6.29. The van der Waals surface area contributed by atoms with Gasteiger partial charge >= 0.3 is 5.97 Å². The number of rotatable bonds is 5. The number of hydrogen-bond donors (Lipinski definition) is 0. The highest BCUT2D eigenvalue weighted by Crippen LogP contribution is 2.29. The van der Waals surface area contributed by atoms with Crippen LogP contribution in [0.3, 0.4) is 0 Å². The lowest BCUT2D eigenvalue weighted by atomic mass is 10.0. The molecule has 0 unspecified atom stereocenters. The molecule has 0 saturated carbocycles. The van der Waals surface area contributed by atoms with Gasteiger partial charge in [0.2, 0.25) is 0 Å². The molecular formula is C16H25ClO3Si. The third-order valence-electron chi connectivity index (χ3n) is 2.96. The lowest BCUT2D eigenvalue weighted by Crippen LogP contribution is -2.34. The molecule has 0 radical (unpaired) electrons. The molecule has 1 rings (SSSR count). The van der Waals surface area contributed by atoms with Crippen molar-refractivity contribution in [3.8, 4) is 0 Å². The van der Waals surface area contributed by atoms with E-state index in [1.807, 2.05) is 6.07 Å². The van der Waals surface area contributed by atoms with E-state index < -0.39 is 8.32 Å². The number of carbonyl (C=O) groups is 1. The summed E-state index contributed by atoms with van der Waals surface area (Å²) in [5, 5.41) is 0.520. The van der Waals surface area contributed by atoms with E-state index >= 15 is 0 Å². The molecule has 1 aromatic carbocycles. The quantitative estimate of drug-likeness (QED) is 0.570. The van der Waals surface area contributed by atoms with Gasteiger partial charge in [0, 0.05) is 5.02 Å². The van der Waals surface area contributed by atoms with Gasteiger partial charge in [-0.1, -0.05) is 32.4 Å². The van der Waals surface area contributed by atoms with E-state index in [2.05, 4.69) is 33.9 Å².